The van der Waals surface area contributed by atoms with E-state index >= 15 is 0 Å². The van der Waals surface area contributed by atoms with Gasteiger partial charge in [-0.25, -0.2) is 8.42 Å². The number of hydrogen-bond acceptors (Lipinski definition) is 3. The van der Waals surface area contributed by atoms with Gasteiger partial charge in [-0.15, -0.1) is 0 Å². The van der Waals surface area contributed by atoms with Crippen molar-refractivity contribution in [3.8, 4) is 0 Å². The molecule has 7 heteroatoms. The van der Waals surface area contributed by atoms with E-state index < -0.39 is 10.0 Å². The topological polar surface area (TPSA) is 62.1 Å². The number of piperazine rings is 1. The average molecular weight is 409 g/mol. The molecule has 2 heterocycles. The minimum Gasteiger partial charge on any atom is -0.337 e. The molecule has 0 bridgehead atoms. The second kappa shape index (κ2) is 8.51. The van der Waals surface area contributed by atoms with E-state index in [4.69, 9.17) is 0 Å². The lowest BCUT2D eigenvalue weighted by molar-refractivity contribution is -0.918. The highest BCUT2D eigenvalue weighted by Gasteiger charge is 2.37. The lowest BCUT2D eigenvalue weighted by Crippen LogP contribution is -3.19. The summed E-state index contributed by atoms with van der Waals surface area (Å²) >= 11 is 0. The van der Waals surface area contributed by atoms with Gasteiger partial charge in [0, 0.05) is 13.1 Å². The van der Waals surface area contributed by atoms with Crippen molar-refractivity contribution in [1.82, 2.24) is 9.21 Å². The molecule has 1 aromatic rings. The van der Waals surface area contributed by atoms with Gasteiger partial charge < -0.3 is 9.80 Å². The van der Waals surface area contributed by atoms with Crippen LogP contribution >= 0.6 is 0 Å². The van der Waals surface area contributed by atoms with Crippen LogP contribution in [-0.2, 0) is 14.8 Å². The normalized spacial score (nSPS) is 26.2. The van der Waals surface area contributed by atoms with Gasteiger partial charge in [-0.2, -0.15) is 4.31 Å². The van der Waals surface area contributed by atoms with Crippen molar-refractivity contribution in [3.05, 3.63) is 29.8 Å². The maximum Gasteiger partial charge on any atom is 0.280 e. The number of carbonyl (C=O) groups excluding carboxylic acids is 1. The minimum atomic E-state index is -3.46. The van der Waals surface area contributed by atoms with Crippen LogP contribution in [-0.4, -0.2) is 68.8 Å². The number of hydrogen-bond donors (Lipinski definition) is 1. The van der Waals surface area contributed by atoms with E-state index in [-0.39, 0.29) is 11.9 Å². The number of likely N-dealkylation sites (tertiary alicyclic amines) is 1. The fraction of sp³-hybridized carbons (Fsp3) is 0.667. The number of amides is 1. The number of rotatable bonds is 4. The highest BCUT2D eigenvalue weighted by molar-refractivity contribution is 7.89. The summed E-state index contributed by atoms with van der Waals surface area (Å²) in [6, 6.07) is 6.89. The van der Waals surface area contributed by atoms with Crippen molar-refractivity contribution in [3.63, 3.8) is 0 Å². The molecule has 156 valence electrons. The van der Waals surface area contributed by atoms with E-state index in [0.29, 0.717) is 42.9 Å². The second-order valence-electron chi connectivity index (χ2n) is 8.79. The zero-order chi connectivity index (χ0) is 20.5. The van der Waals surface area contributed by atoms with Crippen LogP contribution in [0.2, 0.25) is 0 Å². The van der Waals surface area contributed by atoms with Gasteiger partial charge in [0.1, 0.15) is 0 Å². The lowest BCUT2D eigenvalue weighted by Gasteiger charge is -2.39. The molecule has 1 aromatic carbocycles. The second-order valence-corrected chi connectivity index (χ2v) is 10.7. The van der Waals surface area contributed by atoms with Gasteiger partial charge in [0.05, 0.1) is 31.1 Å². The smallest absolute Gasteiger partial charge is 0.280 e. The SMILES string of the molecule is Cc1ccc(S(=O)(=O)N2CC[NH+]([C@H](C)C(=O)N3C[C@@H](C)C[C@H](C)C3)CC2)cc1. The number of sulfonamides is 1. The number of carbonyl (C=O) groups is 1. The Kier molecular flexibility index (Phi) is 6.47. The number of piperidine rings is 1. The molecule has 0 radical (unpaired) electrons. The molecule has 1 amide bonds. The Morgan fingerprint density at radius 2 is 1.61 bits per heavy atom. The van der Waals surface area contributed by atoms with Crippen LogP contribution < -0.4 is 4.90 Å². The quantitative estimate of drug-likeness (QED) is 0.801. The third-order valence-electron chi connectivity index (χ3n) is 6.19. The Morgan fingerprint density at radius 3 is 2.14 bits per heavy atom. The molecule has 3 atom stereocenters. The molecule has 0 aromatic heterocycles. The number of nitrogens with zero attached hydrogens (tertiary/aromatic N) is 2. The Bertz CT molecular complexity index is 776. The zero-order valence-corrected chi connectivity index (χ0v) is 18.3. The first-order valence-electron chi connectivity index (χ1n) is 10.4. The molecule has 1 N–H and O–H groups in total. The molecule has 2 fully saturated rings. The van der Waals surface area contributed by atoms with E-state index in [0.717, 1.165) is 18.7 Å². The van der Waals surface area contributed by atoms with E-state index in [1.54, 1.807) is 16.4 Å². The predicted molar refractivity (Wildman–Crippen MR) is 110 cm³/mol. The summed E-state index contributed by atoms with van der Waals surface area (Å²) in [6.07, 6.45) is 1.18. The molecule has 2 saturated heterocycles. The third-order valence-corrected chi connectivity index (χ3v) is 8.10. The van der Waals surface area contributed by atoms with Gasteiger partial charge in [0.2, 0.25) is 10.0 Å². The largest absolute Gasteiger partial charge is 0.337 e. The van der Waals surface area contributed by atoms with Crippen LogP contribution in [0.5, 0.6) is 0 Å². The first-order valence-corrected chi connectivity index (χ1v) is 11.8. The minimum absolute atomic E-state index is 0.123. The summed E-state index contributed by atoms with van der Waals surface area (Å²) in [5.74, 6) is 1.31. The molecule has 6 nitrogen and oxygen atoms in total. The Labute approximate surface area is 169 Å². The molecule has 28 heavy (non-hydrogen) atoms. The molecular formula is C21H34N3O3S+. The molecule has 2 aliphatic rings. The highest BCUT2D eigenvalue weighted by Crippen LogP contribution is 2.21. The summed E-state index contributed by atoms with van der Waals surface area (Å²) in [7, 11) is -3.46. The van der Waals surface area contributed by atoms with Crippen LogP contribution in [0.25, 0.3) is 0 Å². The van der Waals surface area contributed by atoms with Crippen LogP contribution in [0.15, 0.2) is 29.2 Å². The van der Waals surface area contributed by atoms with Crippen molar-refractivity contribution in [2.45, 2.75) is 45.1 Å². The molecule has 3 rings (SSSR count). The third kappa shape index (κ3) is 4.58. The zero-order valence-electron chi connectivity index (χ0n) is 17.5. The van der Waals surface area contributed by atoms with Crippen molar-refractivity contribution in [2.24, 2.45) is 11.8 Å². The molecule has 2 aliphatic heterocycles. The average Bonchev–Trinajstić information content (AvgIpc) is 2.66. The fourth-order valence-electron chi connectivity index (χ4n) is 4.60. The van der Waals surface area contributed by atoms with Crippen molar-refractivity contribution < 1.29 is 18.1 Å². The summed E-state index contributed by atoms with van der Waals surface area (Å²) < 4.78 is 27.3. The van der Waals surface area contributed by atoms with Gasteiger partial charge in [-0.05, 0) is 44.2 Å². The predicted octanol–water partition coefficient (Wildman–Crippen LogP) is 0.777. The molecule has 0 spiro atoms. The number of aryl methyl sites for hydroxylation is 1. The van der Waals surface area contributed by atoms with Crippen LogP contribution in [0.1, 0.15) is 32.8 Å². The Morgan fingerprint density at radius 1 is 1.07 bits per heavy atom. The van der Waals surface area contributed by atoms with Crippen LogP contribution in [0.3, 0.4) is 0 Å². The van der Waals surface area contributed by atoms with Crippen molar-refractivity contribution in [1.29, 1.82) is 0 Å². The Hall–Kier alpha value is -1.44. The Balaban J connectivity index is 1.60. The van der Waals surface area contributed by atoms with Crippen LogP contribution in [0, 0.1) is 18.8 Å². The van der Waals surface area contributed by atoms with Crippen LogP contribution in [0.4, 0.5) is 0 Å². The maximum atomic E-state index is 13.0. The summed E-state index contributed by atoms with van der Waals surface area (Å²) in [5, 5.41) is 0. The summed E-state index contributed by atoms with van der Waals surface area (Å²) in [4.78, 5) is 16.5. The van der Waals surface area contributed by atoms with E-state index in [2.05, 4.69) is 13.8 Å². The summed E-state index contributed by atoms with van der Waals surface area (Å²) in [5.41, 5.74) is 1.04. The number of benzene rings is 1. The van der Waals surface area contributed by atoms with Gasteiger partial charge in [0.25, 0.3) is 5.91 Å². The summed E-state index contributed by atoms with van der Waals surface area (Å²) in [6.45, 7) is 12.3. The first kappa shape index (κ1) is 21.3. The standard InChI is InChI=1S/C21H33N3O3S/c1-16-5-7-20(8-6-16)28(26,27)24-11-9-22(10-12-24)19(4)21(25)23-14-17(2)13-18(3)15-23/h5-8,17-19H,9-15H2,1-4H3/p+1/t17-,18-,19+/m0/s1. The van der Waals surface area contributed by atoms with E-state index in [9.17, 15) is 13.2 Å². The van der Waals surface area contributed by atoms with Gasteiger partial charge in [-0.1, -0.05) is 31.5 Å². The fourth-order valence-corrected chi connectivity index (χ4v) is 6.04. The van der Waals surface area contributed by atoms with Gasteiger partial charge in [0.15, 0.2) is 6.04 Å². The number of nitrogens with one attached hydrogen (secondary N) is 1. The molecule has 0 saturated carbocycles. The van der Waals surface area contributed by atoms with Crippen molar-refractivity contribution in [2.75, 3.05) is 39.3 Å². The highest BCUT2D eigenvalue weighted by atomic mass is 32.2. The lowest BCUT2D eigenvalue weighted by atomic mass is 9.91. The van der Waals surface area contributed by atoms with E-state index in [1.165, 1.54) is 11.3 Å². The first-order chi connectivity index (χ1) is 13.2. The maximum absolute atomic E-state index is 13.0. The van der Waals surface area contributed by atoms with E-state index in [1.807, 2.05) is 30.9 Å². The molecule has 0 aliphatic carbocycles. The van der Waals surface area contributed by atoms with Gasteiger partial charge >= 0.3 is 0 Å². The monoisotopic (exact) mass is 408 g/mol. The van der Waals surface area contributed by atoms with Crippen molar-refractivity contribution >= 4 is 15.9 Å². The van der Waals surface area contributed by atoms with Gasteiger partial charge in [-0.3, -0.25) is 4.79 Å². The number of quaternary nitrogens is 1. The molecular weight excluding hydrogens is 374 g/mol. The molecule has 0 unspecified atom stereocenters.